The number of ether oxygens (including phenoxy) is 1. The van der Waals surface area contributed by atoms with Crippen LogP contribution in [0, 0.1) is 10.1 Å². The Bertz CT molecular complexity index is 419. The first kappa shape index (κ1) is 12.3. The highest BCUT2D eigenvalue weighted by Crippen LogP contribution is 2.33. The van der Waals surface area contributed by atoms with Crippen LogP contribution in [0.25, 0.3) is 0 Å². The van der Waals surface area contributed by atoms with Gasteiger partial charge in [-0.1, -0.05) is 6.07 Å². The van der Waals surface area contributed by atoms with E-state index in [0.29, 0.717) is 22.9 Å². The maximum atomic E-state index is 10.7. The van der Waals surface area contributed by atoms with E-state index in [9.17, 15) is 10.1 Å². The second kappa shape index (κ2) is 5.46. The molecule has 1 saturated heterocycles. The lowest BCUT2D eigenvalue weighted by Gasteiger charge is -2.13. The van der Waals surface area contributed by atoms with Crippen LogP contribution in [0.4, 0.5) is 5.69 Å². The number of hydrogen-bond acceptors (Lipinski definition) is 4. The van der Waals surface area contributed by atoms with Gasteiger partial charge < -0.3 is 10.1 Å². The summed E-state index contributed by atoms with van der Waals surface area (Å²) in [6.45, 7) is 1.56. The van der Waals surface area contributed by atoms with Gasteiger partial charge in [-0.15, -0.1) is 0 Å². The molecule has 1 fully saturated rings. The van der Waals surface area contributed by atoms with Gasteiger partial charge in [0, 0.05) is 12.1 Å². The van der Waals surface area contributed by atoms with Crippen LogP contribution in [0.2, 0.25) is 0 Å². The summed E-state index contributed by atoms with van der Waals surface area (Å²) in [6.07, 6.45) is 2.25. The number of nitro groups is 1. The fraction of sp³-hybridized carbons (Fsp3) is 0.455. The van der Waals surface area contributed by atoms with Crippen molar-refractivity contribution < 1.29 is 9.66 Å². The minimum Gasteiger partial charge on any atom is -0.491 e. The molecule has 17 heavy (non-hydrogen) atoms. The number of benzene rings is 1. The van der Waals surface area contributed by atoms with Gasteiger partial charge in [0.1, 0.15) is 16.8 Å². The van der Waals surface area contributed by atoms with Crippen molar-refractivity contribution >= 4 is 21.6 Å². The zero-order valence-corrected chi connectivity index (χ0v) is 10.8. The first-order valence-corrected chi connectivity index (χ1v) is 6.27. The van der Waals surface area contributed by atoms with E-state index >= 15 is 0 Å². The van der Waals surface area contributed by atoms with Crippen LogP contribution in [0.15, 0.2) is 22.7 Å². The van der Waals surface area contributed by atoms with Crippen molar-refractivity contribution in [1.82, 2.24) is 5.32 Å². The average molecular weight is 301 g/mol. The molecule has 6 heteroatoms. The summed E-state index contributed by atoms with van der Waals surface area (Å²) in [7, 11) is 0. The Balaban J connectivity index is 2.04. The first-order chi connectivity index (χ1) is 8.18. The standard InChI is InChI=1S/C11H13BrN2O3/c12-11-9(14(15)16)4-1-5-10(11)17-7-8-3-2-6-13-8/h1,4-5,8,13H,2-3,6-7H2/t8-/m0/s1. The molecule has 0 bridgehead atoms. The van der Waals surface area contributed by atoms with E-state index in [0.717, 1.165) is 19.4 Å². The molecule has 1 atom stereocenters. The highest BCUT2D eigenvalue weighted by molar-refractivity contribution is 9.10. The molecule has 1 aliphatic rings. The number of hydrogen-bond donors (Lipinski definition) is 1. The van der Waals surface area contributed by atoms with E-state index in [1.54, 1.807) is 12.1 Å². The maximum absolute atomic E-state index is 10.7. The first-order valence-electron chi connectivity index (χ1n) is 5.47. The predicted octanol–water partition coefficient (Wildman–Crippen LogP) is 2.49. The molecule has 0 unspecified atom stereocenters. The highest BCUT2D eigenvalue weighted by atomic mass is 79.9. The van der Waals surface area contributed by atoms with Crippen molar-refractivity contribution in [1.29, 1.82) is 0 Å². The summed E-state index contributed by atoms with van der Waals surface area (Å²) >= 11 is 3.20. The van der Waals surface area contributed by atoms with Gasteiger partial charge in [0.15, 0.2) is 0 Å². The monoisotopic (exact) mass is 300 g/mol. The van der Waals surface area contributed by atoms with Crippen LogP contribution in [0.3, 0.4) is 0 Å². The number of halogens is 1. The van der Waals surface area contributed by atoms with Crippen LogP contribution >= 0.6 is 15.9 Å². The second-order valence-corrected chi connectivity index (χ2v) is 4.74. The van der Waals surface area contributed by atoms with Crippen LogP contribution in [0.1, 0.15) is 12.8 Å². The van der Waals surface area contributed by atoms with Gasteiger partial charge in [-0.2, -0.15) is 0 Å². The van der Waals surface area contributed by atoms with Gasteiger partial charge in [0.2, 0.25) is 0 Å². The lowest BCUT2D eigenvalue weighted by molar-refractivity contribution is -0.385. The Morgan fingerprint density at radius 2 is 2.41 bits per heavy atom. The predicted molar refractivity (Wildman–Crippen MR) is 67.3 cm³/mol. The van der Waals surface area contributed by atoms with E-state index in [4.69, 9.17) is 4.74 Å². The van der Waals surface area contributed by atoms with Crippen molar-refractivity contribution in [3.05, 3.63) is 32.8 Å². The SMILES string of the molecule is O=[N+]([O-])c1cccc(OC[C@@H]2CCCN2)c1Br. The minimum atomic E-state index is -0.426. The summed E-state index contributed by atoms with van der Waals surface area (Å²) in [5.41, 5.74) is 0.0295. The van der Waals surface area contributed by atoms with Crippen molar-refractivity contribution in [3.63, 3.8) is 0 Å². The molecule has 5 nitrogen and oxygen atoms in total. The van der Waals surface area contributed by atoms with E-state index in [1.165, 1.54) is 6.07 Å². The third-order valence-electron chi connectivity index (χ3n) is 2.74. The molecule has 92 valence electrons. The summed E-state index contributed by atoms with van der Waals surface area (Å²) in [5, 5.41) is 14.1. The number of nitro benzene ring substituents is 1. The largest absolute Gasteiger partial charge is 0.491 e. The summed E-state index contributed by atoms with van der Waals surface area (Å²) in [4.78, 5) is 10.3. The average Bonchev–Trinajstić information content (AvgIpc) is 2.80. The van der Waals surface area contributed by atoms with Gasteiger partial charge in [0.05, 0.1) is 4.92 Å². The van der Waals surface area contributed by atoms with E-state index < -0.39 is 4.92 Å². The van der Waals surface area contributed by atoms with Crippen LogP contribution in [-0.2, 0) is 0 Å². The molecule has 0 saturated carbocycles. The fourth-order valence-electron chi connectivity index (χ4n) is 1.84. The van der Waals surface area contributed by atoms with E-state index in [2.05, 4.69) is 21.2 Å². The van der Waals surface area contributed by atoms with E-state index in [1.807, 2.05) is 0 Å². The quantitative estimate of drug-likeness (QED) is 0.685. The highest BCUT2D eigenvalue weighted by Gasteiger charge is 2.18. The van der Waals surface area contributed by atoms with Crippen LogP contribution in [0.5, 0.6) is 5.75 Å². The molecule has 0 amide bonds. The molecule has 1 aliphatic heterocycles. The number of nitrogens with zero attached hydrogens (tertiary/aromatic N) is 1. The molecule has 1 aromatic rings. The lowest BCUT2D eigenvalue weighted by atomic mass is 10.2. The van der Waals surface area contributed by atoms with Gasteiger partial charge in [-0.25, -0.2) is 0 Å². The molecule has 0 radical (unpaired) electrons. The van der Waals surface area contributed by atoms with Crippen molar-refractivity contribution in [2.24, 2.45) is 0 Å². The Hall–Kier alpha value is -1.14. The van der Waals surface area contributed by atoms with Crippen molar-refractivity contribution in [2.75, 3.05) is 13.2 Å². The molecule has 0 aromatic heterocycles. The summed E-state index contributed by atoms with van der Waals surface area (Å²) < 4.78 is 6.00. The maximum Gasteiger partial charge on any atom is 0.287 e. The van der Waals surface area contributed by atoms with Crippen LogP contribution in [-0.4, -0.2) is 24.1 Å². The second-order valence-electron chi connectivity index (χ2n) is 3.95. The minimum absolute atomic E-state index is 0.0295. The Kier molecular flexibility index (Phi) is 3.96. The van der Waals surface area contributed by atoms with Gasteiger partial charge in [-0.3, -0.25) is 10.1 Å². The van der Waals surface area contributed by atoms with Crippen molar-refractivity contribution in [2.45, 2.75) is 18.9 Å². The molecular formula is C11H13BrN2O3. The van der Waals surface area contributed by atoms with Gasteiger partial charge in [0.25, 0.3) is 5.69 Å². The molecule has 0 spiro atoms. The number of nitrogens with one attached hydrogen (secondary N) is 1. The molecule has 0 aliphatic carbocycles. The Morgan fingerprint density at radius 3 is 3.06 bits per heavy atom. The van der Waals surface area contributed by atoms with Crippen LogP contribution < -0.4 is 10.1 Å². The zero-order valence-electron chi connectivity index (χ0n) is 9.19. The topological polar surface area (TPSA) is 64.4 Å². The smallest absolute Gasteiger partial charge is 0.287 e. The summed E-state index contributed by atoms with van der Waals surface area (Å²) in [5.74, 6) is 0.521. The van der Waals surface area contributed by atoms with Gasteiger partial charge in [-0.05, 0) is 41.4 Å². The Labute approximate surface area is 107 Å². The molecule has 1 heterocycles. The fourth-order valence-corrected chi connectivity index (χ4v) is 2.36. The lowest BCUT2D eigenvalue weighted by Crippen LogP contribution is -2.28. The Morgan fingerprint density at radius 1 is 1.59 bits per heavy atom. The van der Waals surface area contributed by atoms with E-state index in [-0.39, 0.29) is 5.69 Å². The van der Waals surface area contributed by atoms with Gasteiger partial charge >= 0.3 is 0 Å². The molecule has 2 rings (SSSR count). The summed E-state index contributed by atoms with van der Waals surface area (Å²) in [6, 6.07) is 5.15. The molecular weight excluding hydrogens is 288 g/mol. The third-order valence-corrected chi connectivity index (χ3v) is 3.54. The third kappa shape index (κ3) is 2.95. The zero-order chi connectivity index (χ0) is 12.3. The number of rotatable bonds is 4. The molecule has 1 N–H and O–H groups in total. The molecule has 1 aromatic carbocycles. The normalized spacial score (nSPS) is 19.2. The van der Waals surface area contributed by atoms with Crippen molar-refractivity contribution in [3.8, 4) is 5.75 Å².